The van der Waals surface area contributed by atoms with E-state index >= 15 is 0 Å². The van der Waals surface area contributed by atoms with E-state index < -0.39 is 0 Å². The standard InChI is InChI=1S/C13H24N4O/c1-6-9(2)16-13(18)10(3)14-7-12-8-15-17(5)11(12)4/h8-10,14H,6-7H2,1-5H3,(H,16,18). The van der Waals surface area contributed by atoms with Crippen LogP contribution in [0.2, 0.25) is 0 Å². The smallest absolute Gasteiger partial charge is 0.237 e. The Balaban J connectivity index is 2.43. The van der Waals surface area contributed by atoms with Crippen molar-refractivity contribution >= 4 is 5.91 Å². The number of hydrogen-bond donors (Lipinski definition) is 2. The van der Waals surface area contributed by atoms with E-state index in [1.54, 1.807) is 0 Å². The summed E-state index contributed by atoms with van der Waals surface area (Å²) in [5.41, 5.74) is 2.25. The lowest BCUT2D eigenvalue weighted by Crippen LogP contribution is -2.45. The maximum absolute atomic E-state index is 11.8. The molecule has 0 aromatic carbocycles. The number of aromatic nitrogens is 2. The molecule has 0 saturated heterocycles. The van der Waals surface area contributed by atoms with Gasteiger partial charge in [0.05, 0.1) is 12.2 Å². The molecule has 102 valence electrons. The van der Waals surface area contributed by atoms with Gasteiger partial charge in [0, 0.05) is 30.9 Å². The number of hydrogen-bond acceptors (Lipinski definition) is 3. The molecule has 2 unspecified atom stereocenters. The number of rotatable bonds is 6. The summed E-state index contributed by atoms with van der Waals surface area (Å²) in [5, 5.41) is 10.4. The molecule has 1 aromatic heterocycles. The highest BCUT2D eigenvalue weighted by Crippen LogP contribution is 2.05. The van der Waals surface area contributed by atoms with Gasteiger partial charge in [0.15, 0.2) is 0 Å². The van der Waals surface area contributed by atoms with Crippen molar-refractivity contribution in [3.05, 3.63) is 17.5 Å². The number of carbonyl (C=O) groups excluding carboxylic acids is 1. The molecule has 0 aliphatic rings. The Morgan fingerprint density at radius 3 is 2.67 bits per heavy atom. The van der Waals surface area contributed by atoms with Gasteiger partial charge in [-0.25, -0.2) is 0 Å². The largest absolute Gasteiger partial charge is 0.352 e. The fraction of sp³-hybridized carbons (Fsp3) is 0.692. The lowest BCUT2D eigenvalue weighted by atomic mass is 10.2. The van der Waals surface area contributed by atoms with E-state index in [0.717, 1.165) is 17.7 Å². The monoisotopic (exact) mass is 252 g/mol. The molecule has 1 amide bonds. The molecule has 0 radical (unpaired) electrons. The molecule has 0 aliphatic carbocycles. The van der Waals surface area contributed by atoms with Gasteiger partial charge in [-0.05, 0) is 27.2 Å². The Kier molecular flexibility index (Phi) is 5.34. The van der Waals surface area contributed by atoms with Crippen LogP contribution in [0.1, 0.15) is 38.4 Å². The second-order valence-corrected chi connectivity index (χ2v) is 4.80. The van der Waals surface area contributed by atoms with Gasteiger partial charge in [0.2, 0.25) is 5.91 Å². The van der Waals surface area contributed by atoms with Crippen LogP contribution < -0.4 is 10.6 Å². The molecule has 2 atom stereocenters. The second kappa shape index (κ2) is 6.54. The minimum Gasteiger partial charge on any atom is -0.352 e. The average Bonchev–Trinajstić information content (AvgIpc) is 2.66. The summed E-state index contributed by atoms with van der Waals surface area (Å²) >= 11 is 0. The Morgan fingerprint density at radius 1 is 1.50 bits per heavy atom. The van der Waals surface area contributed by atoms with Crippen molar-refractivity contribution in [1.29, 1.82) is 0 Å². The number of nitrogens with one attached hydrogen (secondary N) is 2. The summed E-state index contributed by atoms with van der Waals surface area (Å²) in [7, 11) is 1.91. The topological polar surface area (TPSA) is 59.0 Å². The lowest BCUT2D eigenvalue weighted by molar-refractivity contribution is -0.123. The van der Waals surface area contributed by atoms with Gasteiger partial charge in [0.1, 0.15) is 0 Å². The SMILES string of the molecule is CCC(C)NC(=O)C(C)NCc1cnn(C)c1C. The Labute approximate surface area is 109 Å². The van der Waals surface area contributed by atoms with Crippen molar-refractivity contribution in [1.82, 2.24) is 20.4 Å². The van der Waals surface area contributed by atoms with Crippen LogP contribution in [-0.2, 0) is 18.4 Å². The minimum absolute atomic E-state index is 0.0471. The van der Waals surface area contributed by atoms with Crippen LogP contribution in [0.25, 0.3) is 0 Å². The third-order valence-corrected chi connectivity index (χ3v) is 3.33. The zero-order chi connectivity index (χ0) is 13.7. The number of nitrogens with zero attached hydrogens (tertiary/aromatic N) is 2. The predicted octanol–water partition coefficient (Wildman–Crippen LogP) is 1.12. The first-order valence-corrected chi connectivity index (χ1v) is 6.47. The lowest BCUT2D eigenvalue weighted by Gasteiger charge is -2.17. The molecule has 2 N–H and O–H groups in total. The van der Waals surface area contributed by atoms with Crippen LogP contribution in [0.15, 0.2) is 6.20 Å². The molecule has 0 aliphatic heterocycles. The number of carbonyl (C=O) groups is 1. The van der Waals surface area contributed by atoms with E-state index in [9.17, 15) is 4.79 Å². The van der Waals surface area contributed by atoms with Gasteiger partial charge in [-0.15, -0.1) is 0 Å². The summed E-state index contributed by atoms with van der Waals surface area (Å²) < 4.78 is 1.83. The van der Waals surface area contributed by atoms with Crippen LogP contribution in [0, 0.1) is 6.92 Å². The first-order valence-electron chi connectivity index (χ1n) is 6.47. The molecule has 0 fully saturated rings. The van der Waals surface area contributed by atoms with Gasteiger partial charge < -0.3 is 10.6 Å². The maximum atomic E-state index is 11.8. The highest BCUT2D eigenvalue weighted by molar-refractivity contribution is 5.81. The maximum Gasteiger partial charge on any atom is 0.237 e. The van der Waals surface area contributed by atoms with Gasteiger partial charge in [-0.2, -0.15) is 5.10 Å². The van der Waals surface area contributed by atoms with Gasteiger partial charge in [-0.1, -0.05) is 6.92 Å². The molecule has 1 rings (SSSR count). The van der Waals surface area contributed by atoms with Crippen molar-refractivity contribution in [2.45, 2.75) is 52.7 Å². The third kappa shape index (κ3) is 3.84. The molecule has 5 heteroatoms. The van der Waals surface area contributed by atoms with Gasteiger partial charge in [0.25, 0.3) is 0 Å². The van der Waals surface area contributed by atoms with Crippen LogP contribution in [0.3, 0.4) is 0 Å². The van der Waals surface area contributed by atoms with E-state index in [-0.39, 0.29) is 18.0 Å². The summed E-state index contributed by atoms with van der Waals surface area (Å²) in [6.45, 7) is 8.63. The van der Waals surface area contributed by atoms with Crippen LogP contribution >= 0.6 is 0 Å². The normalized spacial score (nSPS) is 14.3. The number of amides is 1. The number of aryl methyl sites for hydroxylation is 1. The van der Waals surface area contributed by atoms with Crippen LogP contribution in [0.4, 0.5) is 0 Å². The summed E-state index contributed by atoms with van der Waals surface area (Å²) in [6, 6.07) is 0.0282. The average molecular weight is 252 g/mol. The quantitative estimate of drug-likeness (QED) is 0.797. The Morgan fingerprint density at radius 2 is 2.17 bits per heavy atom. The van der Waals surface area contributed by atoms with Crippen molar-refractivity contribution in [2.75, 3.05) is 0 Å². The minimum atomic E-state index is -0.196. The molecule has 0 spiro atoms. The molecule has 1 aromatic rings. The zero-order valence-corrected chi connectivity index (χ0v) is 11.9. The predicted molar refractivity (Wildman–Crippen MR) is 72.1 cm³/mol. The Hall–Kier alpha value is -1.36. The fourth-order valence-corrected chi connectivity index (χ4v) is 1.54. The molecule has 18 heavy (non-hydrogen) atoms. The van der Waals surface area contributed by atoms with E-state index in [1.807, 2.05) is 38.7 Å². The Bertz CT molecular complexity index is 400. The summed E-state index contributed by atoms with van der Waals surface area (Å²) in [6.07, 6.45) is 2.78. The third-order valence-electron chi connectivity index (χ3n) is 3.33. The van der Waals surface area contributed by atoms with Crippen LogP contribution in [-0.4, -0.2) is 27.8 Å². The van der Waals surface area contributed by atoms with Gasteiger partial charge in [-0.3, -0.25) is 9.48 Å². The molecular formula is C13H24N4O. The van der Waals surface area contributed by atoms with E-state index in [1.165, 1.54) is 0 Å². The molecule has 0 bridgehead atoms. The van der Waals surface area contributed by atoms with Crippen molar-refractivity contribution in [3.63, 3.8) is 0 Å². The van der Waals surface area contributed by atoms with Gasteiger partial charge >= 0.3 is 0 Å². The summed E-state index contributed by atoms with van der Waals surface area (Å²) in [4.78, 5) is 11.8. The van der Waals surface area contributed by atoms with E-state index in [0.29, 0.717) is 6.54 Å². The summed E-state index contributed by atoms with van der Waals surface area (Å²) in [5.74, 6) is 0.0471. The van der Waals surface area contributed by atoms with E-state index in [4.69, 9.17) is 0 Å². The highest BCUT2D eigenvalue weighted by Gasteiger charge is 2.14. The second-order valence-electron chi connectivity index (χ2n) is 4.80. The molecule has 0 saturated carbocycles. The molecular weight excluding hydrogens is 228 g/mol. The zero-order valence-electron chi connectivity index (χ0n) is 11.9. The fourth-order valence-electron chi connectivity index (χ4n) is 1.54. The first kappa shape index (κ1) is 14.7. The van der Waals surface area contributed by atoms with Crippen molar-refractivity contribution in [3.8, 4) is 0 Å². The molecule has 1 heterocycles. The van der Waals surface area contributed by atoms with Crippen molar-refractivity contribution < 1.29 is 4.79 Å². The van der Waals surface area contributed by atoms with E-state index in [2.05, 4.69) is 22.7 Å². The molecule has 5 nitrogen and oxygen atoms in total. The first-order chi connectivity index (χ1) is 8.45. The van der Waals surface area contributed by atoms with Crippen LogP contribution in [0.5, 0.6) is 0 Å². The van der Waals surface area contributed by atoms with Crippen molar-refractivity contribution in [2.24, 2.45) is 7.05 Å². The highest BCUT2D eigenvalue weighted by atomic mass is 16.2.